The minimum atomic E-state index is -0.368. The highest BCUT2D eigenvalue weighted by molar-refractivity contribution is 5.98. The first kappa shape index (κ1) is 14.9. The summed E-state index contributed by atoms with van der Waals surface area (Å²) in [6.45, 7) is 3.44. The zero-order valence-corrected chi connectivity index (χ0v) is 12.0. The number of aryl methyl sites for hydroxylation is 1. The number of aliphatic hydroxyl groups excluding tert-OH is 1. The molecule has 1 unspecified atom stereocenters. The average Bonchev–Trinajstić information content (AvgIpc) is 3.05. The van der Waals surface area contributed by atoms with E-state index in [1.807, 2.05) is 18.2 Å². The summed E-state index contributed by atoms with van der Waals surface area (Å²) in [6.07, 6.45) is 3.94. The van der Waals surface area contributed by atoms with E-state index in [1.54, 1.807) is 30.8 Å². The summed E-state index contributed by atoms with van der Waals surface area (Å²) in [5, 5.41) is 21.0. The Morgan fingerprint density at radius 2 is 2.19 bits per heavy atom. The van der Waals surface area contributed by atoms with Crippen molar-refractivity contribution in [1.29, 1.82) is 5.26 Å². The molecular formula is C15H17N3O3. The van der Waals surface area contributed by atoms with Gasteiger partial charge in [-0.3, -0.25) is 9.36 Å². The Morgan fingerprint density at radius 1 is 1.52 bits per heavy atom. The number of rotatable bonds is 5. The van der Waals surface area contributed by atoms with Crippen molar-refractivity contribution in [1.82, 2.24) is 9.88 Å². The Morgan fingerprint density at radius 3 is 2.76 bits per heavy atom. The number of nitrogens with one attached hydrogen (secondary N) is 1. The van der Waals surface area contributed by atoms with Gasteiger partial charge in [-0.25, -0.2) is 0 Å². The zero-order chi connectivity index (χ0) is 15.4. The van der Waals surface area contributed by atoms with E-state index in [0.717, 1.165) is 0 Å². The van der Waals surface area contributed by atoms with E-state index in [0.29, 0.717) is 18.1 Å². The van der Waals surface area contributed by atoms with Crippen LogP contribution in [0.2, 0.25) is 0 Å². The lowest BCUT2D eigenvalue weighted by Crippen LogP contribution is -2.33. The van der Waals surface area contributed by atoms with Gasteiger partial charge in [-0.15, -0.1) is 0 Å². The third-order valence-corrected chi connectivity index (χ3v) is 3.18. The maximum atomic E-state index is 12.3. The summed E-state index contributed by atoms with van der Waals surface area (Å²) in [5.41, 5.74) is 0.448. The topological polar surface area (TPSA) is 91.2 Å². The van der Waals surface area contributed by atoms with Crippen LogP contribution in [0, 0.1) is 18.3 Å². The van der Waals surface area contributed by atoms with Gasteiger partial charge in [0.05, 0.1) is 0 Å². The number of furan rings is 1. The van der Waals surface area contributed by atoms with Crippen LogP contribution >= 0.6 is 0 Å². The predicted molar refractivity (Wildman–Crippen MR) is 76.1 cm³/mol. The van der Waals surface area contributed by atoms with Crippen molar-refractivity contribution in [2.75, 3.05) is 6.61 Å². The van der Waals surface area contributed by atoms with Gasteiger partial charge in [-0.2, -0.15) is 5.26 Å². The maximum absolute atomic E-state index is 12.3. The van der Waals surface area contributed by atoms with Gasteiger partial charge < -0.3 is 14.8 Å². The van der Waals surface area contributed by atoms with Crippen molar-refractivity contribution in [3.63, 3.8) is 0 Å². The summed E-state index contributed by atoms with van der Waals surface area (Å²) >= 11 is 0. The fraction of sp³-hybridized carbons (Fsp3) is 0.333. The van der Waals surface area contributed by atoms with E-state index in [4.69, 9.17) is 9.52 Å². The van der Waals surface area contributed by atoms with Crippen LogP contribution < -0.4 is 5.32 Å². The summed E-state index contributed by atoms with van der Waals surface area (Å²) < 4.78 is 7.23. The normalized spacial score (nSPS) is 11.9. The van der Waals surface area contributed by atoms with Crippen molar-refractivity contribution in [3.8, 4) is 12.0 Å². The van der Waals surface area contributed by atoms with E-state index in [2.05, 4.69) is 5.32 Å². The second-order valence-electron chi connectivity index (χ2n) is 4.80. The van der Waals surface area contributed by atoms with Gasteiger partial charge in [0.25, 0.3) is 5.91 Å². The molecule has 21 heavy (non-hydrogen) atoms. The minimum absolute atomic E-state index is 0.00839. The van der Waals surface area contributed by atoms with Crippen LogP contribution in [0.15, 0.2) is 28.9 Å². The average molecular weight is 287 g/mol. The number of carbonyl (C=O) groups excluding carboxylic acids is 1. The third-order valence-electron chi connectivity index (χ3n) is 3.18. The second kappa shape index (κ2) is 6.29. The van der Waals surface area contributed by atoms with Crippen molar-refractivity contribution >= 4 is 5.91 Å². The summed E-state index contributed by atoms with van der Waals surface area (Å²) in [6, 6.07) is 5.47. The summed E-state index contributed by atoms with van der Waals surface area (Å²) in [4.78, 5) is 12.3. The molecule has 0 saturated heterocycles. The van der Waals surface area contributed by atoms with E-state index in [9.17, 15) is 10.1 Å². The quantitative estimate of drug-likeness (QED) is 0.876. The molecule has 6 heteroatoms. The van der Waals surface area contributed by atoms with Crippen LogP contribution in [0.5, 0.6) is 0 Å². The molecule has 2 rings (SSSR count). The molecule has 0 aliphatic carbocycles. The molecule has 2 heterocycles. The largest absolute Gasteiger partial charge is 0.443 e. The first-order valence-corrected chi connectivity index (χ1v) is 6.67. The molecule has 110 valence electrons. The third kappa shape index (κ3) is 2.98. The lowest BCUT2D eigenvalue weighted by molar-refractivity contribution is 0.0932. The molecule has 0 bridgehead atoms. The molecule has 1 atom stereocenters. The molecule has 0 aliphatic rings. The van der Waals surface area contributed by atoms with Crippen LogP contribution in [0.1, 0.15) is 35.0 Å². The highest BCUT2D eigenvalue weighted by Gasteiger charge is 2.25. The van der Waals surface area contributed by atoms with Gasteiger partial charge in [-0.1, -0.05) is 0 Å². The lowest BCUT2D eigenvalue weighted by Gasteiger charge is -2.11. The van der Waals surface area contributed by atoms with Crippen molar-refractivity contribution in [3.05, 3.63) is 41.4 Å². The fourth-order valence-corrected chi connectivity index (χ4v) is 2.12. The molecule has 0 radical (unpaired) electrons. The molecule has 0 aliphatic heterocycles. The van der Waals surface area contributed by atoms with Crippen molar-refractivity contribution in [2.24, 2.45) is 0 Å². The van der Waals surface area contributed by atoms with Crippen LogP contribution in [-0.2, 0) is 0 Å². The van der Waals surface area contributed by atoms with Gasteiger partial charge in [0, 0.05) is 25.0 Å². The zero-order valence-electron chi connectivity index (χ0n) is 12.0. The summed E-state index contributed by atoms with van der Waals surface area (Å²) in [7, 11) is 0. The number of carbonyl (C=O) groups is 1. The molecule has 0 aromatic carbocycles. The number of nitriles is 1. The predicted octanol–water partition coefficient (Wildman–Crippen LogP) is 1.75. The molecule has 2 aromatic heterocycles. The second-order valence-corrected chi connectivity index (χ2v) is 4.80. The SMILES string of the molecule is Cc1oc(-n2cccc2)c(C#N)c1C(=O)NC(C)CCO. The monoisotopic (exact) mass is 287 g/mol. The van der Waals surface area contributed by atoms with Crippen molar-refractivity contribution in [2.45, 2.75) is 26.3 Å². The number of aliphatic hydroxyl groups is 1. The van der Waals surface area contributed by atoms with E-state index < -0.39 is 0 Å². The van der Waals surface area contributed by atoms with Gasteiger partial charge in [0.15, 0.2) is 0 Å². The molecule has 1 amide bonds. The molecule has 0 saturated carbocycles. The molecule has 0 spiro atoms. The van der Waals surface area contributed by atoms with Gasteiger partial charge >= 0.3 is 0 Å². The Balaban J connectivity index is 2.36. The molecule has 2 N–H and O–H groups in total. The fourth-order valence-electron chi connectivity index (χ4n) is 2.12. The van der Waals surface area contributed by atoms with Crippen molar-refractivity contribution < 1.29 is 14.3 Å². The molecule has 0 fully saturated rings. The molecular weight excluding hydrogens is 270 g/mol. The van der Waals surface area contributed by atoms with Crippen LogP contribution in [0.4, 0.5) is 0 Å². The van der Waals surface area contributed by atoms with Gasteiger partial charge in [-0.05, 0) is 32.4 Å². The highest BCUT2D eigenvalue weighted by atomic mass is 16.4. The van der Waals surface area contributed by atoms with Crippen LogP contribution in [0.25, 0.3) is 5.88 Å². The Bertz CT molecular complexity index is 665. The van der Waals surface area contributed by atoms with E-state index >= 15 is 0 Å². The van der Waals surface area contributed by atoms with Gasteiger partial charge in [0.2, 0.25) is 5.88 Å². The van der Waals surface area contributed by atoms with Crippen LogP contribution in [-0.4, -0.2) is 28.2 Å². The maximum Gasteiger partial charge on any atom is 0.256 e. The Labute approximate surface area is 122 Å². The highest BCUT2D eigenvalue weighted by Crippen LogP contribution is 2.25. The summed E-state index contributed by atoms with van der Waals surface area (Å²) in [5.74, 6) is 0.357. The Hall–Kier alpha value is -2.52. The van der Waals surface area contributed by atoms with Crippen LogP contribution in [0.3, 0.4) is 0 Å². The number of aromatic nitrogens is 1. The molecule has 2 aromatic rings. The standard InChI is InChI=1S/C15H17N3O3/c1-10(5-8-19)17-14(20)13-11(2)21-15(12(13)9-16)18-6-3-4-7-18/h3-4,6-7,10,19H,5,8H2,1-2H3,(H,17,20). The number of hydrogen-bond acceptors (Lipinski definition) is 4. The smallest absolute Gasteiger partial charge is 0.256 e. The number of amides is 1. The molecule has 6 nitrogen and oxygen atoms in total. The Kier molecular flexibility index (Phi) is 4.45. The lowest BCUT2D eigenvalue weighted by atomic mass is 10.1. The van der Waals surface area contributed by atoms with E-state index in [-0.39, 0.29) is 29.7 Å². The van der Waals surface area contributed by atoms with Gasteiger partial charge in [0.1, 0.15) is 23.0 Å². The number of nitrogens with zero attached hydrogens (tertiary/aromatic N) is 2. The van der Waals surface area contributed by atoms with E-state index in [1.165, 1.54) is 0 Å². The number of hydrogen-bond donors (Lipinski definition) is 2. The first-order valence-electron chi connectivity index (χ1n) is 6.67. The first-order chi connectivity index (χ1) is 10.1. The minimum Gasteiger partial charge on any atom is -0.443 e.